The molecule has 1 aliphatic heterocycles. The first-order chi connectivity index (χ1) is 12.1. The fraction of sp³-hybridized carbons (Fsp3) is 0.722. The molecule has 1 aromatic rings. The average Bonchev–Trinajstić information content (AvgIpc) is 3.16. The summed E-state index contributed by atoms with van der Waals surface area (Å²) >= 11 is 1.57. The van der Waals surface area contributed by atoms with Gasteiger partial charge in [-0.05, 0) is 50.9 Å². The minimum absolute atomic E-state index is 0.136. The Bertz CT molecular complexity index is 651. The lowest BCUT2D eigenvalue weighted by atomic mass is 9.85. The highest BCUT2D eigenvalue weighted by Crippen LogP contribution is 2.39. The van der Waals surface area contributed by atoms with Crippen LogP contribution in [0.15, 0.2) is 0 Å². The van der Waals surface area contributed by atoms with Gasteiger partial charge in [-0.15, -0.1) is 11.3 Å². The van der Waals surface area contributed by atoms with Crippen LogP contribution in [0.3, 0.4) is 0 Å². The molecular formula is C18H25N3O3S. The lowest BCUT2D eigenvalue weighted by molar-refractivity contribution is -0.143. The van der Waals surface area contributed by atoms with Crippen molar-refractivity contribution in [1.29, 1.82) is 0 Å². The SMILES string of the molecule is O=C(CN1C(C(=O)O)CC2CCCCC21)Nc1nc2c(s1)CCCC2. The molecule has 6 nitrogen and oxygen atoms in total. The Morgan fingerprint density at radius 2 is 2.00 bits per heavy atom. The van der Waals surface area contributed by atoms with Crippen LogP contribution in [0.1, 0.15) is 55.5 Å². The van der Waals surface area contributed by atoms with Crippen molar-refractivity contribution in [3.63, 3.8) is 0 Å². The normalized spacial score (nSPS) is 29.0. The first-order valence-corrected chi connectivity index (χ1v) is 10.2. The van der Waals surface area contributed by atoms with Crippen LogP contribution in [0.5, 0.6) is 0 Å². The fourth-order valence-electron chi connectivity index (χ4n) is 4.75. The zero-order valence-corrected chi connectivity index (χ0v) is 15.2. The number of rotatable bonds is 4. The van der Waals surface area contributed by atoms with Crippen molar-refractivity contribution in [3.05, 3.63) is 10.6 Å². The van der Waals surface area contributed by atoms with Crippen LogP contribution in [-0.4, -0.2) is 45.5 Å². The van der Waals surface area contributed by atoms with Gasteiger partial charge in [0.1, 0.15) is 6.04 Å². The van der Waals surface area contributed by atoms with Crippen LogP contribution in [-0.2, 0) is 22.4 Å². The summed E-state index contributed by atoms with van der Waals surface area (Å²) < 4.78 is 0. The van der Waals surface area contributed by atoms with E-state index in [1.165, 1.54) is 24.1 Å². The molecule has 1 amide bonds. The maximum atomic E-state index is 12.5. The van der Waals surface area contributed by atoms with Gasteiger partial charge in [-0.25, -0.2) is 4.98 Å². The molecule has 3 aliphatic rings. The second-order valence-electron chi connectivity index (χ2n) is 7.52. The maximum Gasteiger partial charge on any atom is 0.320 e. The van der Waals surface area contributed by atoms with Gasteiger partial charge in [0.2, 0.25) is 5.91 Å². The third kappa shape index (κ3) is 3.44. The van der Waals surface area contributed by atoms with Gasteiger partial charge in [-0.2, -0.15) is 0 Å². The first-order valence-electron chi connectivity index (χ1n) is 9.39. The molecule has 3 unspecified atom stereocenters. The minimum atomic E-state index is -0.799. The summed E-state index contributed by atoms with van der Waals surface area (Å²) in [6, 6.07) is -0.284. The topological polar surface area (TPSA) is 82.5 Å². The Balaban J connectivity index is 1.43. The zero-order chi connectivity index (χ0) is 17.4. The van der Waals surface area contributed by atoms with Crippen molar-refractivity contribution in [2.24, 2.45) is 5.92 Å². The molecule has 1 aromatic heterocycles. The molecule has 0 aromatic carbocycles. The Labute approximate surface area is 151 Å². The van der Waals surface area contributed by atoms with Crippen LogP contribution >= 0.6 is 11.3 Å². The number of carbonyl (C=O) groups is 2. The van der Waals surface area contributed by atoms with Gasteiger partial charge in [0.25, 0.3) is 0 Å². The van der Waals surface area contributed by atoms with E-state index in [1.807, 2.05) is 4.90 Å². The summed E-state index contributed by atoms with van der Waals surface area (Å²) in [7, 11) is 0. The number of hydrogen-bond acceptors (Lipinski definition) is 5. The molecule has 2 heterocycles. The summed E-state index contributed by atoms with van der Waals surface area (Å²) in [5.41, 5.74) is 1.13. The number of aliphatic carboxylic acids is 1. The molecule has 25 heavy (non-hydrogen) atoms. The first kappa shape index (κ1) is 17.0. The van der Waals surface area contributed by atoms with E-state index in [4.69, 9.17) is 0 Å². The van der Waals surface area contributed by atoms with E-state index in [2.05, 4.69) is 10.3 Å². The van der Waals surface area contributed by atoms with Gasteiger partial charge in [-0.1, -0.05) is 12.8 Å². The largest absolute Gasteiger partial charge is 0.480 e. The van der Waals surface area contributed by atoms with Crippen molar-refractivity contribution in [3.8, 4) is 0 Å². The van der Waals surface area contributed by atoms with E-state index in [9.17, 15) is 14.7 Å². The number of amides is 1. The van der Waals surface area contributed by atoms with Gasteiger partial charge in [-0.3, -0.25) is 14.5 Å². The van der Waals surface area contributed by atoms with Gasteiger partial charge in [0.05, 0.1) is 12.2 Å². The Morgan fingerprint density at radius 3 is 2.80 bits per heavy atom. The van der Waals surface area contributed by atoms with E-state index in [-0.39, 0.29) is 18.5 Å². The number of nitrogens with one attached hydrogen (secondary N) is 1. The molecule has 7 heteroatoms. The van der Waals surface area contributed by atoms with Crippen molar-refractivity contribution < 1.29 is 14.7 Å². The van der Waals surface area contributed by atoms with E-state index < -0.39 is 12.0 Å². The number of thiazole rings is 1. The number of anilines is 1. The van der Waals surface area contributed by atoms with Gasteiger partial charge in [0.15, 0.2) is 5.13 Å². The second-order valence-corrected chi connectivity index (χ2v) is 8.60. The molecule has 0 spiro atoms. The third-order valence-electron chi connectivity index (χ3n) is 5.92. The molecule has 0 bridgehead atoms. The minimum Gasteiger partial charge on any atom is -0.480 e. The zero-order valence-electron chi connectivity index (χ0n) is 14.4. The van der Waals surface area contributed by atoms with Crippen LogP contribution in [0.4, 0.5) is 5.13 Å². The highest BCUT2D eigenvalue weighted by molar-refractivity contribution is 7.15. The van der Waals surface area contributed by atoms with Crippen molar-refractivity contribution in [1.82, 2.24) is 9.88 Å². The number of aromatic nitrogens is 1. The van der Waals surface area contributed by atoms with Crippen LogP contribution in [0.25, 0.3) is 0 Å². The number of aryl methyl sites for hydroxylation is 2. The quantitative estimate of drug-likeness (QED) is 0.859. The number of carbonyl (C=O) groups excluding carboxylic acids is 1. The van der Waals surface area contributed by atoms with Gasteiger partial charge in [0, 0.05) is 10.9 Å². The van der Waals surface area contributed by atoms with E-state index >= 15 is 0 Å². The maximum absolute atomic E-state index is 12.5. The smallest absolute Gasteiger partial charge is 0.320 e. The molecule has 2 aliphatic carbocycles. The molecule has 2 N–H and O–H groups in total. The predicted octanol–water partition coefficient (Wildman–Crippen LogP) is 2.68. The lowest BCUT2D eigenvalue weighted by Gasteiger charge is -2.32. The number of nitrogens with zero attached hydrogens (tertiary/aromatic N) is 2. The van der Waals surface area contributed by atoms with Crippen molar-refractivity contribution in [2.45, 2.75) is 69.9 Å². The number of likely N-dealkylation sites (tertiary alicyclic amines) is 1. The molecule has 3 atom stereocenters. The van der Waals surface area contributed by atoms with Crippen LogP contribution in [0.2, 0.25) is 0 Å². The molecule has 4 rings (SSSR count). The van der Waals surface area contributed by atoms with Gasteiger partial charge >= 0.3 is 5.97 Å². The summed E-state index contributed by atoms with van der Waals surface area (Å²) in [6.45, 7) is 0.155. The second kappa shape index (κ2) is 7.03. The molecule has 2 fully saturated rings. The van der Waals surface area contributed by atoms with Crippen molar-refractivity contribution in [2.75, 3.05) is 11.9 Å². The molecule has 1 saturated heterocycles. The summed E-state index contributed by atoms with van der Waals surface area (Å²) in [5.74, 6) is -0.509. The standard InChI is InChI=1S/C18H25N3O3S/c22-16(20-18-19-12-6-2-4-8-15(12)25-18)10-21-13-7-3-1-5-11(13)9-14(21)17(23)24/h11,13-14H,1-10H2,(H,23,24)(H,19,20,22). The number of carboxylic acids is 1. The van der Waals surface area contributed by atoms with Crippen LogP contribution in [0, 0.1) is 5.92 Å². The van der Waals surface area contributed by atoms with Gasteiger partial charge < -0.3 is 10.4 Å². The van der Waals surface area contributed by atoms with Crippen molar-refractivity contribution >= 4 is 28.3 Å². The van der Waals surface area contributed by atoms with E-state index in [0.717, 1.165) is 37.8 Å². The Hall–Kier alpha value is -1.47. The molecular weight excluding hydrogens is 338 g/mol. The average molecular weight is 363 g/mol. The number of carboxylic acid groups (broad SMARTS) is 1. The summed E-state index contributed by atoms with van der Waals surface area (Å²) in [4.78, 5) is 32.0. The Morgan fingerprint density at radius 1 is 1.20 bits per heavy atom. The number of hydrogen-bond donors (Lipinski definition) is 2. The summed E-state index contributed by atoms with van der Waals surface area (Å²) in [6.07, 6.45) is 9.50. The lowest BCUT2D eigenvalue weighted by Crippen LogP contribution is -2.46. The number of fused-ring (bicyclic) bond motifs is 2. The van der Waals surface area contributed by atoms with Crippen LogP contribution < -0.4 is 5.32 Å². The molecule has 0 radical (unpaired) electrons. The van der Waals surface area contributed by atoms with E-state index in [0.29, 0.717) is 17.5 Å². The highest BCUT2D eigenvalue weighted by atomic mass is 32.1. The summed E-state index contributed by atoms with van der Waals surface area (Å²) in [5, 5.41) is 13.1. The monoisotopic (exact) mass is 363 g/mol. The Kier molecular flexibility index (Phi) is 4.78. The fourth-order valence-corrected chi connectivity index (χ4v) is 5.82. The molecule has 136 valence electrons. The predicted molar refractivity (Wildman–Crippen MR) is 95.9 cm³/mol. The molecule has 1 saturated carbocycles. The van der Waals surface area contributed by atoms with E-state index in [1.54, 1.807) is 11.3 Å². The highest BCUT2D eigenvalue weighted by Gasteiger charge is 2.45. The third-order valence-corrected chi connectivity index (χ3v) is 7.00.